The summed E-state index contributed by atoms with van der Waals surface area (Å²) < 4.78 is 7.97. The molecule has 0 saturated carbocycles. The van der Waals surface area contributed by atoms with Crippen LogP contribution in [0.15, 0.2) is 22.0 Å². The van der Waals surface area contributed by atoms with Gasteiger partial charge in [0.25, 0.3) is 0 Å². The number of aryl methyl sites for hydroxylation is 1. The van der Waals surface area contributed by atoms with E-state index in [1.54, 1.807) is 19.4 Å². The van der Waals surface area contributed by atoms with E-state index in [2.05, 4.69) is 5.32 Å². The van der Waals surface area contributed by atoms with Crippen LogP contribution < -0.4 is 16.4 Å². The summed E-state index contributed by atoms with van der Waals surface area (Å²) >= 11 is 0. The molecule has 0 atom stereocenters. The van der Waals surface area contributed by atoms with E-state index >= 15 is 0 Å². The smallest absolute Gasteiger partial charge is 0.316 e. The van der Waals surface area contributed by atoms with Crippen molar-refractivity contribution in [2.24, 2.45) is 7.05 Å². The third-order valence-electron chi connectivity index (χ3n) is 2.86. The van der Waals surface area contributed by atoms with Gasteiger partial charge in [0.05, 0.1) is 0 Å². The topological polar surface area (TPSA) is 65.3 Å². The number of hydrogen-bond donors (Lipinski definition) is 1. The standard InChI is InChI=1S/C13H23N3O3/c1-3-19-11-5-4-6-14-7-8-16-10-9-15(2)12(17)13(16)18/h9-10,14H,3-8,11H2,1-2H3. The number of ether oxygens (including phenoxy) is 1. The van der Waals surface area contributed by atoms with Crippen molar-refractivity contribution in [3.8, 4) is 0 Å². The maximum atomic E-state index is 11.6. The van der Waals surface area contributed by atoms with Crippen molar-refractivity contribution in [2.45, 2.75) is 26.3 Å². The number of hydrogen-bond acceptors (Lipinski definition) is 4. The van der Waals surface area contributed by atoms with Crippen molar-refractivity contribution in [2.75, 3.05) is 26.3 Å². The average Bonchev–Trinajstić information content (AvgIpc) is 2.41. The zero-order valence-electron chi connectivity index (χ0n) is 11.7. The van der Waals surface area contributed by atoms with Gasteiger partial charge in [-0.15, -0.1) is 0 Å². The molecule has 108 valence electrons. The maximum absolute atomic E-state index is 11.6. The molecule has 0 spiro atoms. The molecule has 1 heterocycles. The Morgan fingerprint density at radius 3 is 2.68 bits per heavy atom. The first-order valence-electron chi connectivity index (χ1n) is 6.71. The van der Waals surface area contributed by atoms with Crippen molar-refractivity contribution in [1.82, 2.24) is 14.5 Å². The monoisotopic (exact) mass is 269 g/mol. The van der Waals surface area contributed by atoms with Gasteiger partial charge in [-0.25, -0.2) is 0 Å². The molecular weight excluding hydrogens is 246 g/mol. The highest BCUT2D eigenvalue weighted by molar-refractivity contribution is 4.84. The minimum absolute atomic E-state index is 0.469. The first kappa shape index (κ1) is 15.7. The fraction of sp³-hybridized carbons (Fsp3) is 0.692. The molecule has 0 radical (unpaired) electrons. The van der Waals surface area contributed by atoms with Gasteiger partial charge in [0.15, 0.2) is 0 Å². The van der Waals surface area contributed by atoms with Crippen LogP contribution in [0.2, 0.25) is 0 Å². The molecule has 6 heteroatoms. The van der Waals surface area contributed by atoms with Gasteiger partial charge < -0.3 is 19.2 Å². The summed E-state index contributed by atoms with van der Waals surface area (Å²) in [4.78, 5) is 23.0. The maximum Gasteiger partial charge on any atom is 0.316 e. The highest BCUT2D eigenvalue weighted by Crippen LogP contribution is 1.88. The summed E-state index contributed by atoms with van der Waals surface area (Å²) in [5.41, 5.74) is -0.956. The lowest BCUT2D eigenvalue weighted by molar-refractivity contribution is 0.143. The van der Waals surface area contributed by atoms with Crippen LogP contribution in [0.1, 0.15) is 19.8 Å². The van der Waals surface area contributed by atoms with Crippen molar-refractivity contribution < 1.29 is 4.74 Å². The zero-order valence-corrected chi connectivity index (χ0v) is 11.7. The largest absolute Gasteiger partial charge is 0.382 e. The summed E-state index contributed by atoms with van der Waals surface area (Å²) in [7, 11) is 1.57. The number of rotatable bonds is 9. The minimum atomic E-state index is -0.487. The van der Waals surface area contributed by atoms with Gasteiger partial charge >= 0.3 is 11.1 Å². The van der Waals surface area contributed by atoms with Gasteiger partial charge in [0.2, 0.25) is 0 Å². The second-order valence-corrected chi connectivity index (χ2v) is 4.37. The van der Waals surface area contributed by atoms with Crippen LogP contribution in [-0.2, 0) is 18.3 Å². The molecule has 0 aliphatic carbocycles. The fourth-order valence-electron chi connectivity index (χ4n) is 1.69. The summed E-state index contributed by atoms with van der Waals surface area (Å²) in [6, 6.07) is 0. The molecule has 0 aromatic carbocycles. The van der Waals surface area contributed by atoms with Gasteiger partial charge in [-0.2, -0.15) is 0 Å². The van der Waals surface area contributed by atoms with Crippen LogP contribution in [0.25, 0.3) is 0 Å². The second kappa shape index (κ2) is 8.66. The average molecular weight is 269 g/mol. The van der Waals surface area contributed by atoms with E-state index in [-0.39, 0.29) is 0 Å². The Balaban J connectivity index is 2.22. The lowest BCUT2D eigenvalue weighted by Crippen LogP contribution is -2.40. The molecule has 1 aromatic heterocycles. The van der Waals surface area contributed by atoms with Gasteiger partial charge in [0.1, 0.15) is 0 Å². The molecule has 1 N–H and O–H groups in total. The van der Waals surface area contributed by atoms with E-state index in [0.29, 0.717) is 13.1 Å². The molecule has 0 aliphatic heterocycles. The summed E-state index contributed by atoms with van der Waals surface area (Å²) in [6.07, 6.45) is 5.32. The van der Waals surface area contributed by atoms with Crippen LogP contribution in [0.5, 0.6) is 0 Å². The lowest BCUT2D eigenvalue weighted by atomic mass is 10.3. The van der Waals surface area contributed by atoms with Crippen molar-refractivity contribution in [3.05, 3.63) is 33.1 Å². The summed E-state index contributed by atoms with van der Waals surface area (Å²) in [5.74, 6) is 0. The van der Waals surface area contributed by atoms with Crippen molar-refractivity contribution in [3.63, 3.8) is 0 Å². The number of nitrogens with zero attached hydrogens (tertiary/aromatic N) is 2. The molecule has 0 bridgehead atoms. The Hall–Kier alpha value is -1.40. The van der Waals surface area contributed by atoms with Crippen LogP contribution in [0.4, 0.5) is 0 Å². The highest BCUT2D eigenvalue weighted by Gasteiger charge is 2.01. The molecule has 1 rings (SSSR count). The van der Waals surface area contributed by atoms with E-state index in [4.69, 9.17) is 4.74 Å². The lowest BCUT2D eigenvalue weighted by Gasteiger charge is -2.07. The van der Waals surface area contributed by atoms with E-state index < -0.39 is 11.1 Å². The zero-order chi connectivity index (χ0) is 14.1. The first-order chi connectivity index (χ1) is 9.16. The predicted octanol–water partition coefficient (Wildman–Crippen LogP) is -0.0467. The Morgan fingerprint density at radius 1 is 1.16 bits per heavy atom. The molecular formula is C13H23N3O3. The van der Waals surface area contributed by atoms with Crippen LogP contribution in [-0.4, -0.2) is 35.4 Å². The third kappa shape index (κ3) is 5.40. The molecule has 0 unspecified atom stereocenters. The van der Waals surface area contributed by atoms with Crippen LogP contribution in [0, 0.1) is 0 Å². The molecule has 19 heavy (non-hydrogen) atoms. The van der Waals surface area contributed by atoms with E-state index in [9.17, 15) is 9.59 Å². The Labute approximate surface area is 113 Å². The van der Waals surface area contributed by atoms with Gasteiger partial charge in [0, 0.05) is 45.7 Å². The molecule has 0 saturated heterocycles. The Kier molecular flexibility index (Phi) is 7.14. The Morgan fingerprint density at radius 2 is 1.95 bits per heavy atom. The fourth-order valence-corrected chi connectivity index (χ4v) is 1.69. The second-order valence-electron chi connectivity index (χ2n) is 4.37. The first-order valence-corrected chi connectivity index (χ1v) is 6.71. The van der Waals surface area contributed by atoms with Crippen LogP contribution in [0.3, 0.4) is 0 Å². The van der Waals surface area contributed by atoms with Gasteiger partial charge in [-0.3, -0.25) is 9.59 Å². The minimum Gasteiger partial charge on any atom is -0.382 e. The normalized spacial score (nSPS) is 10.8. The quantitative estimate of drug-likeness (QED) is 0.504. The van der Waals surface area contributed by atoms with E-state index in [1.165, 1.54) is 9.13 Å². The van der Waals surface area contributed by atoms with Crippen LogP contribution >= 0.6 is 0 Å². The molecule has 0 fully saturated rings. The molecule has 1 aromatic rings. The number of unbranched alkanes of at least 4 members (excludes halogenated alkanes) is 1. The summed E-state index contributed by atoms with van der Waals surface area (Å²) in [5, 5.41) is 3.25. The number of aromatic nitrogens is 2. The van der Waals surface area contributed by atoms with Crippen molar-refractivity contribution in [1.29, 1.82) is 0 Å². The van der Waals surface area contributed by atoms with E-state index in [0.717, 1.165) is 32.6 Å². The molecule has 6 nitrogen and oxygen atoms in total. The Bertz CT molecular complexity index is 479. The number of nitrogens with one attached hydrogen (secondary N) is 1. The van der Waals surface area contributed by atoms with Crippen molar-refractivity contribution >= 4 is 0 Å². The van der Waals surface area contributed by atoms with E-state index in [1.807, 2.05) is 6.92 Å². The SMILES string of the molecule is CCOCCCCNCCn1ccn(C)c(=O)c1=O. The third-order valence-corrected chi connectivity index (χ3v) is 2.86. The highest BCUT2D eigenvalue weighted by atomic mass is 16.5. The molecule has 0 amide bonds. The molecule has 0 aliphatic rings. The van der Waals surface area contributed by atoms with Gasteiger partial charge in [-0.05, 0) is 26.3 Å². The van der Waals surface area contributed by atoms with Gasteiger partial charge in [-0.1, -0.05) is 0 Å². The predicted molar refractivity (Wildman–Crippen MR) is 74.5 cm³/mol. The summed E-state index contributed by atoms with van der Waals surface area (Å²) in [6.45, 7) is 5.64.